The summed E-state index contributed by atoms with van der Waals surface area (Å²) in [5.41, 5.74) is 1.73. The van der Waals surface area contributed by atoms with E-state index in [1.54, 1.807) is 31.2 Å². The first-order valence-corrected chi connectivity index (χ1v) is 12.2. The van der Waals surface area contributed by atoms with Crippen LogP contribution in [0.5, 0.6) is 17.2 Å². The number of phenols is 1. The lowest BCUT2D eigenvalue weighted by molar-refractivity contribution is -0.140. The molecule has 1 aliphatic heterocycles. The van der Waals surface area contributed by atoms with Crippen LogP contribution in [0.2, 0.25) is 0 Å². The van der Waals surface area contributed by atoms with Crippen molar-refractivity contribution in [2.75, 3.05) is 40.4 Å². The SMILES string of the molecule is CCOc1cc([C@@H]2C(=C(O)c3ccc(OCC(C)C)cc3C)C(=O)C(=O)N2CCN(C)C)ccc1O. The Morgan fingerprint density at radius 3 is 2.44 bits per heavy atom. The number of rotatable bonds is 10. The van der Waals surface area contributed by atoms with Gasteiger partial charge in [-0.2, -0.15) is 0 Å². The standard InChI is InChI=1S/C28H36N2O6/c1-7-35-23-15-19(8-11-22(23)31)25-24(27(33)28(34)30(25)13-12-29(5)6)26(32)21-10-9-20(14-18(21)4)36-16-17(2)3/h8-11,14-15,17,25,31-32H,7,12-13,16H2,1-6H3/t25-/m1/s1. The zero-order valence-electron chi connectivity index (χ0n) is 21.9. The van der Waals surface area contributed by atoms with E-state index < -0.39 is 17.7 Å². The minimum Gasteiger partial charge on any atom is -0.507 e. The van der Waals surface area contributed by atoms with Crippen LogP contribution in [0.4, 0.5) is 0 Å². The van der Waals surface area contributed by atoms with E-state index in [4.69, 9.17) is 9.47 Å². The van der Waals surface area contributed by atoms with Gasteiger partial charge in [-0.25, -0.2) is 0 Å². The molecule has 8 heteroatoms. The predicted molar refractivity (Wildman–Crippen MR) is 138 cm³/mol. The van der Waals surface area contributed by atoms with Gasteiger partial charge in [0.25, 0.3) is 11.7 Å². The van der Waals surface area contributed by atoms with Crippen LogP contribution in [0.1, 0.15) is 43.5 Å². The lowest BCUT2D eigenvalue weighted by Crippen LogP contribution is -2.35. The van der Waals surface area contributed by atoms with Crippen molar-refractivity contribution >= 4 is 17.4 Å². The molecule has 1 fully saturated rings. The summed E-state index contributed by atoms with van der Waals surface area (Å²) in [5, 5.41) is 21.6. The van der Waals surface area contributed by atoms with E-state index in [0.29, 0.717) is 48.1 Å². The molecule has 2 aromatic rings. The first-order chi connectivity index (χ1) is 17.0. The molecular formula is C28H36N2O6. The number of phenolic OH excluding ortho intramolecular Hbond substituents is 1. The fourth-order valence-corrected chi connectivity index (χ4v) is 4.14. The highest BCUT2D eigenvalue weighted by molar-refractivity contribution is 6.46. The smallest absolute Gasteiger partial charge is 0.295 e. The zero-order chi connectivity index (χ0) is 26.6. The Kier molecular flexibility index (Phi) is 8.63. The van der Waals surface area contributed by atoms with Gasteiger partial charge >= 0.3 is 0 Å². The van der Waals surface area contributed by atoms with Crippen molar-refractivity contribution in [2.45, 2.75) is 33.7 Å². The third-order valence-corrected chi connectivity index (χ3v) is 5.96. The van der Waals surface area contributed by atoms with E-state index in [0.717, 1.165) is 0 Å². The van der Waals surface area contributed by atoms with Crippen molar-refractivity contribution < 1.29 is 29.3 Å². The predicted octanol–water partition coefficient (Wildman–Crippen LogP) is 4.12. The van der Waals surface area contributed by atoms with E-state index in [1.807, 2.05) is 32.0 Å². The highest BCUT2D eigenvalue weighted by atomic mass is 16.5. The van der Waals surface area contributed by atoms with Gasteiger partial charge in [-0.05, 0) is 75.3 Å². The number of aliphatic hydroxyl groups excluding tert-OH is 1. The number of nitrogens with zero attached hydrogens (tertiary/aromatic N) is 2. The minimum absolute atomic E-state index is 0.00541. The van der Waals surface area contributed by atoms with Gasteiger partial charge < -0.3 is 29.5 Å². The van der Waals surface area contributed by atoms with Crippen molar-refractivity contribution in [3.05, 3.63) is 58.7 Å². The molecule has 1 saturated heterocycles. The first-order valence-electron chi connectivity index (χ1n) is 12.2. The second-order valence-electron chi connectivity index (χ2n) is 9.64. The summed E-state index contributed by atoms with van der Waals surface area (Å²) < 4.78 is 11.3. The number of carbonyl (C=O) groups excluding carboxylic acids is 2. The van der Waals surface area contributed by atoms with Crippen molar-refractivity contribution in [1.29, 1.82) is 0 Å². The molecule has 0 aliphatic carbocycles. The quantitative estimate of drug-likeness (QED) is 0.290. The van der Waals surface area contributed by atoms with Crippen LogP contribution < -0.4 is 9.47 Å². The molecule has 0 saturated carbocycles. The maximum atomic E-state index is 13.3. The zero-order valence-corrected chi connectivity index (χ0v) is 21.9. The molecule has 0 aromatic heterocycles. The lowest BCUT2D eigenvalue weighted by atomic mass is 9.93. The fraction of sp³-hybridized carbons (Fsp3) is 0.429. The molecule has 2 aromatic carbocycles. The van der Waals surface area contributed by atoms with Crippen molar-refractivity contribution in [3.8, 4) is 17.2 Å². The average Bonchev–Trinajstić information content (AvgIpc) is 3.07. The Hall–Kier alpha value is -3.52. The van der Waals surface area contributed by atoms with Gasteiger partial charge in [-0.3, -0.25) is 9.59 Å². The molecule has 194 valence electrons. The van der Waals surface area contributed by atoms with Gasteiger partial charge in [0.1, 0.15) is 11.5 Å². The number of hydrogen-bond acceptors (Lipinski definition) is 7. The molecule has 8 nitrogen and oxygen atoms in total. The average molecular weight is 497 g/mol. The third-order valence-electron chi connectivity index (χ3n) is 5.96. The summed E-state index contributed by atoms with van der Waals surface area (Å²) in [6.45, 7) is 9.44. The number of benzene rings is 2. The number of amides is 1. The number of likely N-dealkylation sites (N-methyl/N-ethyl adjacent to an activating group) is 1. The van der Waals surface area contributed by atoms with Crippen LogP contribution in [0.25, 0.3) is 5.76 Å². The second kappa shape index (κ2) is 11.5. The monoisotopic (exact) mass is 496 g/mol. The molecule has 1 heterocycles. The number of carbonyl (C=O) groups is 2. The molecular weight excluding hydrogens is 460 g/mol. The summed E-state index contributed by atoms with van der Waals surface area (Å²) in [4.78, 5) is 29.8. The number of likely N-dealkylation sites (tertiary alicyclic amines) is 1. The summed E-state index contributed by atoms with van der Waals surface area (Å²) in [7, 11) is 3.76. The fourth-order valence-electron chi connectivity index (χ4n) is 4.14. The summed E-state index contributed by atoms with van der Waals surface area (Å²) >= 11 is 0. The van der Waals surface area contributed by atoms with Crippen molar-refractivity contribution in [1.82, 2.24) is 9.80 Å². The molecule has 1 atom stereocenters. The Bertz CT molecular complexity index is 1150. The van der Waals surface area contributed by atoms with Gasteiger partial charge in [-0.15, -0.1) is 0 Å². The van der Waals surface area contributed by atoms with Crippen LogP contribution in [0.15, 0.2) is 42.0 Å². The van der Waals surface area contributed by atoms with E-state index in [1.165, 1.54) is 11.0 Å². The number of ketones is 1. The molecule has 3 rings (SSSR count). The number of aryl methyl sites for hydroxylation is 1. The number of Topliss-reactive ketones (excluding diaryl/α,β-unsaturated/α-hetero) is 1. The van der Waals surface area contributed by atoms with Crippen LogP contribution in [0.3, 0.4) is 0 Å². The maximum Gasteiger partial charge on any atom is 0.295 e. The van der Waals surface area contributed by atoms with Gasteiger partial charge in [0, 0.05) is 18.7 Å². The first kappa shape index (κ1) is 27.1. The van der Waals surface area contributed by atoms with E-state index in [-0.39, 0.29) is 29.4 Å². The van der Waals surface area contributed by atoms with Gasteiger partial charge in [0.05, 0.1) is 24.8 Å². The Labute approximate surface area is 212 Å². The van der Waals surface area contributed by atoms with Gasteiger partial charge in [0.15, 0.2) is 11.5 Å². The second-order valence-corrected chi connectivity index (χ2v) is 9.64. The summed E-state index contributed by atoms with van der Waals surface area (Å²) in [5.74, 6) is -0.436. The van der Waals surface area contributed by atoms with Crippen LogP contribution >= 0.6 is 0 Å². The molecule has 0 unspecified atom stereocenters. The van der Waals surface area contributed by atoms with E-state index in [2.05, 4.69) is 13.8 Å². The Balaban J connectivity index is 2.13. The van der Waals surface area contributed by atoms with Crippen LogP contribution in [-0.4, -0.2) is 72.1 Å². The number of ether oxygens (including phenoxy) is 2. The highest BCUT2D eigenvalue weighted by Gasteiger charge is 2.46. The van der Waals surface area contributed by atoms with E-state index >= 15 is 0 Å². The third kappa shape index (κ3) is 5.82. The molecule has 1 aliphatic rings. The molecule has 36 heavy (non-hydrogen) atoms. The molecule has 0 radical (unpaired) electrons. The van der Waals surface area contributed by atoms with Crippen LogP contribution in [-0.2, 0) is 9.59 Å². The normalized spacial score (nSPS) is 17.3. The van der Waals surface area contributed by atoms with Crippen molar-refractivity contribution in [3.63, 3.8) is 0 Å². The Morgan fingerprint density at radius 2 is 1.83 bits per heavy atom. The summed E-state index contributed by atoms with van der Waals surface area (Å²) in [6.07, 6.45) is 0. The van der Waals surface area contributed by atoms with E-state index in [9.17, 15) is 19.8 Å². The highest BCUT2D eigenvalue weighted by Crippen LogP contribution is 2.42. The number of hydrogen-bond donors (Lipinski definition) is 2. The molecule has 2 N–H and O–H groups in total. The van der Waals surface area contributed by atoms with Gasteiger partial charge in [0.2, 0.25) is 0 Å². The van der Waals surface area contributed by atoms with Crippen LogP contribution in [0, 0.1) is 12.8 Å². The molecule has 0 bridgehead atoms. The lowest BCUT2D eigenvalue weighted by Gasteiger charge is -2.27. The molecule has 0 spiro atoms. The Morgan fingerprint density at radius 1 is 1.11 bits per heavy atom. The largest absolute Gasteiger partial charge is 0.507 e. The van der Waals surface area contributed by atoms with Crippen molar-refractivity contribution in [2.24, 2.45) is 5.92 Å². The van der Waals surface area contributed by atoms with Gasteiger partial charge in [-0.1, -0.05) is 19.9 Å². The number of aliphatic hydroxyl groups is 1. The molecule has 1 amide bonds. The number of aromatic hydroxyl groups is 1. The maximum absolute atomic E-state index is 13.3. The minimum atomic E-state index is -0.832. The summed E-state index contributed by atoms with van der Waals surface area (Å²) in [6, 6.07) is 9.14. The topological polar surface area (TPSA) is 99.5 Å².